The van der Waals surface area contributed by atoms with Crippen molar-refractivity contribution in [2.24, 2.45) is 0 Å². The Morgan fingerprint density at radius 2 is 1.55 bits per heavy atom. The van der Waals surface area contributed by atoms with Gasteiger partial charge in [-0.2, -0.15) is 0 Å². The zero-order chi connectivity index (χ0) is 15.7. The van der Waals surface area contributed by atoms with Crippen molar-refractivity contribution in [2.45, 2.75) is 12.8 Å². The van der Waals surface area contributed by atoms with Crippen LogP contribution in [0.4, 0.5) is 16.2 Å². The van der Waals surface area contributed by atoms with Gasteiger partial charge in [-0.25, -0.2) is 4.79 Å². The summed E-state index contributed by atoms with van der Waals surface area (Å²) in [6, 6.07) is 10.5. The van der Waals surface area contributed by atoms with E-state index in [0.29, 0.717) is 15.7 Å². The molecule has 0 aromatic heterocycles. The maximum atomic E-state index is 12.0. The van der Waals surface area contributed by atoms with Crippen molar-refractivity contribution in [2.75, 3.05) is 10.6 Å². The van der Waals surface area contributed by atoms with Crippen LogP contribution in [0, 0.1) is 0 Å². The average molecular weight is 333 g/mol. The number of carbonyl (C=O) groups excluding carboxylic acids is 1. The Balaban J connectivity index is 1.68. The van der Waals surface area contributed by atoms with E-state index in [1.807, 2.05) is 18.2 Å². The van der Waals surface area contributed by atoms with Crippen molar-refractivity contribution in [1.29, 1.82) is 0 Å². The van der Waals surface area contributed by atoms with E-state index in [9.17, 15) is 4.79 Å². The highest BCUT2D eigenvalue weighted by Gasteiger charge is 2.14. The van der Waals surface area contributed by atoms with E-state index in [4.69, 9.17) is 23.2 Å². The van der Waals surface area contributed by atoms with E-state index < -0.39 is 0 Å². The van der Waals surface area contributed by atoms with Crippen molar-refractivity contribution >= 4 is 40.6 Å². The number of anilines is 2. The van der Waals surface area contributed by atoms with Gasteiger partial charge in [-0.05, 0) is 54.3 Å². The van der Waals surface area contributed by atoms with Gasteiger partial charge in [-0.3, -0.25) is 0 Å². The Morgan fingerprint density at radius 1 is 0.909 bits per heavy atom. The van der Waals surface area contributed by atoms with Crippen LogP contribution in [0.3, 0.4) is 0 Å². The van der Waals surface area contributed by atoms with Gasteiger partial charge in [0.25, 0.3) is 0 Å². The van der Waals surface area contributed by atoms with Crippen LogP contribution in [0.25, 0.3) is 0 Å². The van der Waals surface area contributed by atoms with Crippen LogP contribution in [-0.2, 0) is 12.8 Å². The second-order valence-electron chi connectivity index (χ2n) is 5.30. The molecule has 0 bridgehead atoms. The second-order valence-corrected chi connectivity index (χ2v) is 6.11. The number of allylic oxidation sites excluding steroid dienone is 1. The van der Waals surface area contributed by atoms with Crippen LogP contribution in [-0.4, -0.2) is 6.03 Å². The molecule has 3 nitrogen and oxygen atoms in total. The summed E-state index contributed by atoms with van der Waals surface area (Å²) < 4.78 is 0. The van der Waals surface area contributed by atoms with Gasteiger partial charge in [-0.1, -0.05) is 41.4 Å². The summed E-state index contributed by atoms with van der Waals surface area (Å²) >= 11 is 11.8. The Kier molecular flexibility index (Phi) is 4.10. The molecule has 2 aromatic rings. The van der Waals surface area contributed by atoms with E-state index in [-0.39, 0.29) is 6.03 Å². The Bertz CT molecular complexity index is 771. The molecule has 22 heavy (non-hydrogen) atoms. The molecule has 2 amide bonds. The van der Waals surface area contributed by atoms with Crippen molar-refractivity contribution in [1.82, 2.24) is 0 Å². The molecule has 2 N–H and O–H groups in total. The average Bonchev–Trinajstić information content (AvgIpc) is 2.82. The molecular formula is C17H14Cl2N2O. The minimum atomic E-state index is -0.324. The summed E-state index contributed by atoms with van der Waals surface area (Å²) in [6.45, 7) is 4.01. The number of halogens is 2. The fraction of sp³-hybridized carbons (Fsp3) is 0.118. The topological polar surface area (TPSA) is 41.1 Å². The van der Waals surface area contributed by atoms with E-state index in [0.717, 1.165) is 18.5 Å². The van der Waals surface area contributed by atoms with Crippen molar-refractivity contribution in [3.63, 3.8) is 0 Å². The van der Waals surface area contributed by atoms with E-state index in [1.54, 1.807) is 18.2 Å². The molecule has 0 heterocycles. The molecule has 0 radical (unpaired) electrons. The molecule has 2 aromatic carbocycles. The number of rotatable bonds is 2. The molecule has 1 aliphatic rings. The standard InChI is InChI=1S/C17H14Cl2N2O/c1-10-6-11-2-3-13(8-12(11)7-10)20-17(22)21-14-4-5-15(18)16(19)9-14/h2-5,8-9H,1,6-7H2,(H2,20,21,22). The van der Waals surface area contributed by atoms with Crippen LogP contribution < -0.4 is 10.6 Å². The lowest BCUT2D eigenvalue weighted by molar-refractivity contribution is 0.262. The molecule has 1 aliphatic carbocycles. The summed E-state index contributed by atoms with van der Waals surface area (Å²) in [5.41, 5.74) is 5.04. The molecule has 112 valence electrons. The third kappa shape index (κ3) is 3.26. The predicted molar refractivity (Wildman–Crippen MR) is 92.1 cm³/mol. The molecule has 0 saturated carbocycles. The summed E-state index contributed by atoms with van der Waals surface area (Å²) in [5, 5.41) is 6.39. The summed E-state index contributed by atoms with van der Waals surface area (Å²) in [5.74, 6) is 0. The van der Waals surface area contributed by atoms with Gasteiger partial charge in [0.1, 0.15) is 0 Å². The number of carbonyl (C=O) groups is 1. The first-order chi connectivity index (χ1) is 10.5. The lowest BCUT2D eigenvalue weighted by Gasteiger charge is -2.09. The Morgan fingerprint density at radius 3 is 2.27 bits per heavy atom. The summed E-state index contributed by atoms with van der Waals surface area (Å²) in [7, 11) is 0. The fourth-order valence-electron chi connectivity index (χ4n) is 2.51. The molecule has 0 atom stereocenters. The van der Waals surface area contributed by atoms with Gasteiger partial charge in [0.2, 0.25) is 0 Å². The smallest absolute Gasteiger partial charge is 0.308 e. The zero-order valence-electron chi connectivity index (χ0n) is 11.7. The maximum Gasteiger partial charge on any atom is 0.323 e. The molecule has 0 fully saturated rings. The predicted octanol–water partition coefficient (Wildman–Crippen LogP) is 5.29. The normalized spacial score (nSPS) is 12.9. The number of fused-ring (bicyclic) bond motifs is 1. The minimum Gasteiger partial charge on any atom is -0.308 e. The molecule has 3 rings (SSSR count). The number of hydrogen-bond donors (Lipinski definition) is 2. The summed E-state index contributed by atoms with van der Waals surface area (Å²) in [4.78, 5) is 12.0. The van der Waals surface area contributed by atoms with E-state index in [1.165, 1.54) is 16.7 Å². The quantitative estimate of drug-likeness (QED) is 0.720. The third-order valence-electron chi connectivity index (χ3n) is 3.52. The maximum absolute atomic E-state index is 12.0. The molecule has 0 aliphatic heterocycles. The number of amides is 2. The number of nitrogens with one attached hydrogen (secondary N) is 2. The van der Waals surface area contributed by atoms with Crippen molar-refractivity contribution < 1.29 is 4.79 Å². The monoisotopic (exact) mass is 332 g/mol. The lowest BCUT2D eigenvalue weighted by Crippen LogP contribution is -2.19. The van der Waals surface area contributed by atoms with Gasteiger partial charge in [0, 0.05) is 11.4 Å². The fourth-order valence-corrected chi connectivity index (χ4v) is 2.81. The summed E-state index contributed by atoms with van der Waals surface area (Å²) in [6.07, 6.45) is 1.80. The van der Waals surface area contributed by atoms with Crippen LogP contribution in [0.2, 0.25) is 10.0 Å². The van der Waals surface area contributed by atoms with Crippen LogP contribution in [0.1, 0.15) is 11.1 Å². The number of urea groups is 1. The number of benzene rings is 2. The SMILES string of the molecule is C=C1Cc2ccc(NC(=O)Nc3ccc(Cl)c(Cl)c3)cc2C1. The minimum absolute atomic E-state index is 0.324. The highest BCUT2D eigenvalue weighted by molar-refractivity contribution is 6.42. The molecule has 5 heteroatoms. The first-order valence-electron chi connectivity index (χ1n) is 6.83. The van der Waals surface area contributed by atoms with Crippen LogP contribution >= 0.6 is 23.2 Å². The van der Waals surface area contributed by atoms with Crippen molar-refractivity contribution in [3.8, 4) is 0 Å². The number of hydrogen-bond acceptors (Lipinski definition) is 1. The van der Waals surface area contributed by atoms with Gasteiger partial charge in [0.15, 0.2) is 0 Å². The molecular weight excluding hydrogens is 319 g/mol. The van der Waals surface area contributed by atoms with E-state index >= 15 is 0 Å². The van der Waals surface area contributed by atoms with Gasteiger partial charge in [0.05, 0.1) is 10.0 Å². The third-order valence-corrected chi connectivity index (χ3v) is 4.26. The molecule has 0 spiro atoms. The second kappa shape index (κ2) is 6.03. The first kappa shape index (κ1) is 14.9. The molecule has 0 unspecified atom stereocenters. The van der Waals surface area contributed by atoms with Crippen molar-refractivity contribution in [3.05, 3.63) is 69.7 Å². The highest BCUT2D eigenvalue weighted by Crippen LogP contribution is 2.28. The largest absolute Gasteiger partial charge is 0.323 e. The highest BCUT2D eigenvalue weighted by atomic mass is 35.5. The first-order valence-corrected chi connectivity index (χ1v) is 7.58. The zero-order valence-corrected chi connectivity index (χ0v) is 13.3. The lowest BCUT2D eigenvalue weighted by atomic mass is 10.1. The van der Waals surface area contributed by atoms with Gasteiger partial charge >= 0.3 is 6.03 Å². The van der Waals surface area contributed by atoms with Crippen LogP contribution in [0.5, 0.6) is 0 Å². The van der Waals surface area contributed by atoms with E-state index in [2.05, 4.69) is 17.2 Å². The molecule has 0 saturated heterocycles. The van der Waals surface area contributed by atoms with Crippen LogP contribution in [0.15, 0.2) is 48.6 Å². The Labute approximate surface area is 138 Å². The van der Waals surface area contributed by atoms with Gasteiger partial charge in [-0.15, -0.1) is 0 Å². The van der Waals surface area contributed by atoms with Gasteiger partial charge < -0.3 is 10.6 Å². The Hall–Kier alpha value is -1.97.